The number of nitrogens with zero attached hydrogens (tertiary/aromatic N) is 3. The van der Waals surface area contributed by atoms with Crippen LogP contribution in [0.4, 0.5) is 21.7 Å². The second kappa shape index (κ2) is 10.7. The number of ether oxygens (including phenoxy) is 1. The van der Waals surface area contributed by atoms with E-state index in [1.807, 2.05) is 18.2 Å². The monoisotopic (exact) mass is 480 g/mol. The van der Waals surface area contributed by atoms with Crippen LogP contribution in [-0.2, 0) is 11.2 Å². The van der Waals surface area contributed by atoms with Crippen LogP contribution < -0.4 is 15.0 Å². The predicted molar refractivity (Wildman–Crippen MR) is 134 cm³/mol. The summed E-state index contributed by atoms with van der Waals surface area (Å²) in [6, 6.07) is 10.1. The molecule has 2 heterocycles. The number of nitrogens with one attached hydrogen (secondary N) is 1. The fraction of sp³-hybridized carbons (Fsp3) is 0.269. The average molecular weight is 481 g/mol. The van der Waals surface area contributed by atoms with Crippen LogP contribution in [0.25, 0.3) is 11.3 Å². The highest BCUT2D eigenvalue weighted by Crippen LogP contribution is 2.33. The molecule has 0 radical (unpaired) electrons. The molecule has 1 aromatic heterocycles. The van der Waals surface area contributed by atoms with Crippen LogP contribution in [-0.4, -0.2) is 36.0 Å². The van der Waals surface area contributed by atoms with Crippen LogP contribution in [0.5, 0.6) is 5.75 Å². The third-order valence-electron chi connectivity index (χ3n) is 5.71. The fourth-order valence-corrected chi connectivity index (χ4v) is 4.28. The zero-order valence-corrected chi connectivity index (χ0v) is 19.7. The molecule has 1 saturated heterocycles. The number of piperidine rings is 1. The smallest absolute Gasteiger partial charge is 0.227 e. The van der Waals surface area contributed by atoms with E-state index in [9.17, 15) is 9.18 Å². The van der Waals surface area contributed by atoms with E-state index in [1.54, 1.807) is 6.07 Å². The molecular weight excluding hydrogens is 455 g/mol. The minimum Gasteiger partial charge on any atom is -0.493 e. The van der Waals surface area contributed by atoms with E-state index in [2.05, 4.69) is 26.8 Å². The maximum atomic E-state index is 14.4. The normalized spacial score (nSPS) is 13.4. The number of ketones is 1. The Morgan fingerprint density at radius 3 is 2.76 bits per heavy atom. The van der Waals surface area contributed by atoms with Gasteiger partial charge in [-0.25, -0.2) is 14.4 Å². The second-order valence-electron chi connectivity index (χ2n) is 8.14. The number of aromatic nitrogens is 2. The van der Waals surface area contributed by atoms with Crippen molar-refractivity contribution in [3.8, 4) is 17.0 Å². The summed E-state index contributed by atoms with van der Waals surface area (Å²) >= 11 is 6.47. The van der Waals surface area contributed by atoms with Gasteiger partial charge >= 0.3 is 0 Å². The molecule has 176 valence electrons. The van der Waals surface area contributed by atoms with Gasteiger partial charge in [0.2, 0.25) is 5.95 Å². The molecule has 1 aliphatic rings. The molecule has 2 aromatic carbocycles. The Morgan fingerprint density at radius 2 is 2.03 bits per heavy atom. The number of benzene rings is 2. The Kier molecular flexibility index (Phi) is 7.43. The minimum absolute atomic E-state index is 0.0524. The first-order chi connectivity index (χ1) is 16.5. The first kappa shape index (κ1) is 23.7. The topological polar surface area (TPSA) is 67.4 Å². The van der Waals surface area contributed by atoms with Gasteiger partial charge in [-0.15, -0.1) is 0 Å². The number of hydrogen-bond acceptors (Lipinski definition) is 6. The van der Waals surface area contributed by atoms with Gasteiger partial charge in [-0.3, -0.25) is 4.79 Å². The molecule has 0 saturated carbocycles. The van der Waals surface area contributed by atoms with Gasteiger partial charge in [-0.1, -0.05) is 18.2 Å². The average Bonchev–Trinajstić information content (AvgIpc) is 2.85. The van der Waals surface area contributed by atoms with Crippen molar-refractivity contribution in [2.75, 3.05) is 30.4 Å². The first-order valence-electron chi connectivity index (χ1n) is 11.1. The van der Waals surface area contributed by atoms with Crippen molar-refractivity contribution < 1.29 is 13.9 Å². The Bertz CT molecular complexity index is 1210. The van der Waals surface area contributed by atoms with Crippen LogP contribution in [0.1, 0.15) is 24.8 Å². The predicted octanol–water partition coefficient (Wildman–Crippen LogP) is 5.98. The Morgan fingerprint density at radius 1 is 1.24 bits per heavy atom. The lowest BCUT2D eigenvalue weighted by atomic mass is 10.0. The van der Waals surface area contributed by atoms with Gasteiger partial charge < -0.3 is 15.0 Å². The summed E-state index contributed by atoms with van der Waals surface area (Å²) in [7, 11) is 1.50. The van der Waals surface area contributed by atoms with Crippen molar-refractivity contribution >= 4 is 34.7 Å². The van der Waals surface area contributed by atoms with E-state index in [1.165, 1.54) is 37.9 Å². The highest BCUT2D eigenvalue weighted by Gasteiger charge is 2.16. The molecule has 0 spiro atoms. The lowest BCUT2D eigenvalue weighted by Gasteiger charge is -2.30. The lowest BCUT2D eigenvalue weighted by Crippen LogP contribution is -2.29. The molecule has 8 heteroatoms. The van der Waals surface area contributed by atoms with E-state index >= 15 is 0 Å². The first-order valence-corrected chi connectivity index (χ1v) is 11.5. The number of halogens is 2. The van der Waals surface area contributed by atoms with E-state index in [0.717, 1.165) is 37.3 Å². The molecule has 6 nitrogen and oxygen atoms in total. The SMILES string of the molecule is C=CC(=O)Cc1cc(F)cc(-c2nc(Nc3ccc(Cl)c(N4CCCCC4)c3)ncc2OC)c1. The Labute approximate surface area is 203 Å². The molecule has 4 rings (SSSR count). The van der Waals surface area contributed by atoms with E-state index in [4.69, 9.17) is 16.3 Å². The molecule has 3 aromatic rings. The summed E-state index contributed by atoms with van der Waals surface area (Å²) in [5, 5.41) is 3.92. The third kappa shape index (κ3) is 5.54. The van der Waals surface area contributed by atoms with Gasteiger partial charge in [-0.05, 0) is 67.3 Å². The van der Waals surface area contributed by atoms with Crippen molar-refractivity contribution in [3.63, 3.8) is 0 Å². The van der Waals surface area contributed by atoms with Crippen LogP contribution in [0.2, 0.25) is 5.02 Å². The second-order valence-corrected chi connectivity index (χ2v) is 8.55. The molecule has 1 fully saturated rings. The zero-order chi connectivity index (χ0) is 24.1. The molecule has 0 atom stereocenters. The number of anilines is 3. The molecule has 1 aliphatic heterocycles. The maximum absolute atomic E-state index is 14.4. The van der Waals surface area contributed by atoms with Crippen molar-refractivity contribution in [1.82, 2.24) is 9.97 Å². The van der Waals surface area contributed by atoms with Gasteiger partial charge in [0.05, 0.1) is 24.0 Å². The fourth-order valence-electron chi connectivity index (χ4n) is 4.05. The molecule has 0 amide bonds. The number of hydrogen-bond donors (Lipinski definition) is 1. The quantitative estimate of drug-likeness (QED) is 0.400. The Hall–Kier alpha value is -3.45. The van der Waals surface area contributed by atoms with Crippen molar-refractivity contribution in [1.29, 1.82) is 0 Å². The maximum Gasteiger partial charge on any atom is 0.227 e. The molecule has 1 N–H and O–H groups in total. The van der Waals surface area contributed by atoms with Crippen molar-refractivity contribution in [3.05, 3.63) is 71.7 Å². The zero-order valence-electron chi connectivity index (χ0n) is 19.0. The summed E-state index contributed by atoms with van der Waals surface area (Å²) in [5.74, 6) is 0.0576. The number of methoxy groups -OCH3 is 1. The number of carbonyl (C=O) groups is 1. The summed E-state index contributed by atoms with van der Waals surface area (Å²) < 4.78 is 19.8. The summed E-state index contributed by atoms with van der Waals surface area (Å²) in [5.41, 5.74) is 3.19. The van der Waals surface area contributed by atoms with Gasteiger partial charge in [0, 0.05) is 30.8 Å². The Balaban J connectivity index is 1.65. The molecule has 0 unspecified atom stereocenters. The van der Waals surface area contributed by atoms with Crippen LogP contribution in [0.3, 0.4) is 0 Å². The summed E-state index contributed by atoms with van der Waals surface area (Å²) in [6.07, 6.45) is 6.34. The van der Waals surface area contributed by atoms with Crippen LogP contribution >= 0.6 is 11.6 Å². The van der Waals surface area contributed by atoms with Gasteiger partial charge in [0.1, 0.15) is 11.5 Å². The summed E-state index contributed by atoms with van der Waals surface area (Å²) in [6.45, 7) is 5.43. The van der Waals surface area contributed by atoms with Crippen LogP contribution in [0, 0.1) is 5.82 Å². The van der Waals surface area contributed by atoms with Crippen molar-refractivity contribution in [2.45, 2.75) is 25.7 Å². The van der Waals surface area contributed by atoms with E-state index in [-0.39, 0.29) is 12.2 Å². The van der Waals surface area contributed by atoms with Gasteiger partial charge in [0.15, 0.2) is 11.5 Å². The molecular formula is C26H26ClFN4O2. The summed E-state index contributed by atoms with van der Waals surface area (Å²) in [4.78, 5) is 23.0. The molecule has 34 heavy (non-hydrogen) atoms. The van der Waals surface area contributed by atoms with Gasteiger partial charge in [0.25, 0.3) is 0 Å². The number of carbonyl (C=O) groups excluding carboxylic acids is 1. The van der Waals surface area contributed by atoms with E-state index in [0.29, 0.717) is 33.5 Å². The highest BCUT2D eigenvalue weighted by atomic mass is 35.5. The van der Waals surface area contributed by atoms with Gasteiger partial charge in [-0.2, -0.15) is 0 Å². The number of rotatable bonds is 8. The van der Waals surface area contributed by atoms with Crippen LogP contribution in [0.15, 0.2) is 55.3 Å². The molecule has 0 bridgehead atoms. The lowest BCUT2D eigenvalue weighted by molar-refractivity contribution is -0.114. The third-order valence-corrected chi connectivity index (χ3v) is 6.03. The highest BCUT2D eigenvalue weighted by molar-refractivity contribution is 6.33. The molecule has 0 aliphatic carbocycles. The largest absolute Gasteiger partial charge is 0.493 e. The number of allylic oxidation sites excluding steroid dienone is 1. The van der Waals surface area contributed by atoms with E-state index < -0.39 is 5.82 Å². The van der Waals surface area contributed by atoms with Crippen molar-refractivity contribution in [2.24, 2.45) is 0 Å². The standard InChI is InChI=1S/C26H26ClFN4O2/c1-3-21(33)13-17-11-18(14-19(28)12-17)25-24(34-2)16-29-26(31-25)30-20-7-8-22(27)23(15-20)32-9-5-4-6-10-32/h3,7-8,11-12,14-16H,1,4-6,9-10,13H2,2H3,(H,29,30,31). The minimum atomic E-state index is -0.469.